The molecule has 0 unspecified atom stereocenters. The van der Waals surface area contributed by atoms with Crippen LogP contribution in [0.4, 0.5) is 0 Å². The third kappa shape index (κ3) is 7.16. The number of fused-ring (bicyclic) bond motifs is 1. The summed E-state index contributed by atoms with van der Waals surface area (Å²) in [7, 11) is 0. The van der Waals surface area contributed by atoms with Crippen molar-refractivity contribution in [2.75, 3.05) is 19.6 Å². The average Bonchev–Trinajstić information content (AvgIpc) is 3.00. The minimum Gasteiger partial charge on any atom is -0.489 e. The largest absolute Gasteiger partial charge is 0.489 e. The van der Waals surface area contributed by atoms with Crippen molar-refractivity contribution in [1.82, 2.24) is 20.7 Å². The molecule has 1 saturated heterocycles. The van der Waals surface area contributed by atoms with Crippen LogP contribution in [0.2, 0.25) is 0 Å². The second-order valence-corrected chi connectivity index (χ2v) is 10.3. The number of carbonyl (C=O) groups excluding carboxylic acids is 2. The second-order valence-electron chi connectivity index (χ2n) is 10.3. The Morgan fingerprint density at radius 2 is 1.80 bits per heavy atom. The van der Waals surface area contributed by atoms with Crippen LogP contribution in [0.5, 0.6) is 5.75 Å². The highest BCUT2D eigenvalue weighted by Gasteiger charge is 2.35. The number of rotatable bonds is 9. The average molecular weight is 551 g/mol. The van der Waals surface area contributed by atoms with Crippen LogP contribution in [0.25, 0.3) is 17.0 Å². The molecule has 2 atom stereocenters. The molecule has 5 rings (SSSR count). The smallest absolute Gasteiger partial charge is 0.251 e. The molecule has 0 bridgehead atoms. The van der Waals surface area contributed by atoms with E-state index in [2.05, 4.69) is 27.4 Å². The highest BCUT2D eigenvalue weighted by atomic mass is 16.5. The molecule has 3 N–H and O–H groups in total. The van der Waals surface area contributed by atoms with Crippen LogP contribution >= 0.6 is 0 Å². The molecule has 210 valence electrons. The van der Waals surface area contributed by atoms with Crippen molar-refractivity contribution in [1.29, 1.82) is 0 Å². The van der Waals surface area contributed by atoms with Gasteiger partial charge in [-0.3, -0.25) is 24.7 Å². The summed E-state index contributed by atoms with van der Waals surface area (Å²) in [6, 6.07) is 26.5. The molecule has 0 spiro atoms. The molecule has 2 amide bonds. The fourth-order valence-corrected chi connectivity index (χ4v) is 5.26. The van der Waals surface area contributed by atoms with Gasteiger partial charge in [0.25, 0.3) is 5.91 Å². The Bertz CT molecular complexity index is 1520. The second kappa shape index (κ2) is 13.2. The van der Waals surface area contributed by atoms with Gasteiger partial charge in [0.15, 0.2) is 0 Å². The minimum atomic E-state index is -0.528. The molecular formula is C33H34N4O4. The summed E-state index contributed by atoms with van der Waals surface area (Å²) < 4.78 is 6.03. The summed E-state index contributed by atoms with van der Waals surface area (Å²) >= 11 is 0. The number of aromatic nitrogens is 1. The highest BCUT2D eigenvalue weighted by Crippen LogP contribution is 2.22. The first-order valence-electron chi connectivity index (χ1n) is 13.8. The Labute approximate surface area is 239 Å². The van der Waals surface area contributed by atoms with Crippen LogP contribution in [0, 0.1) is 12.8 Å². The highest BCUT2D eigenvalue weighted by molar-refractivity contribution is 5.95. The third-order valence-electron chi connectivity index (χ3n) is 7.37. The number of hydrogen-bond acceptors (Lipinski definition) is 6. The molecule has 1 aliphatic heterocycles. The number of nitrogens with zero attached hydrogens (tertiary/aromatic N) is 2. The predicted molar refractivity (Wildman–Crippen MR) is 158 cm³/mol. The van der Waals surface area contributed by atoms with Gasteiger partial charge in [-0.05, 0) is 61.9 Å². The van der Waals surface area contributed by atoms with Gasteiger partial charge < -0.3 is 10.1 Å². The molecule has 0 aliphatic carbocycles. The zero-order valence-corrected chi connectivity index (χ0v) is 23.0. The van der Waals surface area contributed by atoms with Crippen LogP contribution < -0.4 is 15.5 Å². The first kappa shape index (κ1) is 28.0. The van der Waals surface area contributed by atoms with E-state index in [-0.39, 0.29) is 5.91 Å². The maximum Gasteiger partial charge on any atom is 0.251 e. The van der Waals surface area contributed by atoms with Crippen LogP contribution in [0.1, 0.15) is 33.6 Å². The molecule has 2 heterocycles. The predicted octanol–water partition coefficient (Wildman–Crippen LogP) is 4.76. The number of hydroxylamine groups is 1. The lowest BCUT2D eigenvalue weighted by molar-refractivity contribution is -0.135. The Balaban J connectivity index is 1.21. The molecule has 3 aromatic carbocycles. The van der Waals surface area contributed by atoms with Crippen molar-refractivity contribution in [3.63, 3.8) is 0 Å². The van der Waals surface area contributed by atoms with E-state index in [1.807, 2.05) is 67.6 Å². The summed E-state index contributed by atoms with van der Waals surface area (Å²) in [5.74, 6) is -0.654. The van der Waals surface area contributed by atoms with Gasteiger partial charge in [-0.1, -0.05) is 60.7 Å². The van der Waals surface area contributed by atoms with Gasteiger partial charge in [0.05, 0.1) is 17.5 Å². The molecule has 41 heavy (non-hydrogen) atoms. The molecule has 1 aliphatic rings. The number of aryl methyl sites for hydroxylation is 1. The lowest BCUT2D eigenvalue weighted by atomic mass is 9.90. The Morgan fingerprint density at radius 1 is 1.05 bits per heavy atom. The minimum absolute atomic E-state index is 0.283. The van der Waals surface area contributed by atoms with Crippen molar-refractivity contribution < 1.29 is 19.5 Å². The molecule has 8 heteroatoms. The van der Waals surface area contributed by atoms with Crippen LogP contribution in [0.15, 0.2) is 91.0 Å². The zero-order chi connectivity index (χ0) is 28.6. The van der Waals surface area contributed by atoms with E-state index in [1.165, 1.54) is 0 Å². The van der Waals surface area contributed by atoms with Gasteiger partial charge in [0.2, 0.25) is 5.91 Å². The van der Waals surface area contributed by atoms with Crippen molar-refractivity contribution in [3.05, 3.63) is 113 Å². The van der Waals surface area contributed by atoms with E-state index in [4.69, 9.17) is 4.74 Å². The van der Waals surface area contributed by atoms with Crippen LogP contribution in [-0.2, 0) is 11.4 Å². The number of benzene rings is 3. The summed E-state index contributed by atoms with van der Waals surface area (Å²) in [4.78, 5) is 32.3. The van der Waals surface area contributed by atoms with Gasteiger partial charge in [0.1, 0.15) is 12.4 Å². The summed E-state index contributed by atoms with van der Waals surface area (Å²) in [6.07, 6.45) is 4.66. The number of nitrogens with one attached hydrogen (secondary N) is 2. The first-order valence-corrected chi connectivity index (χ1v) is 13.8. The number of carbonyl (C=O) groups is 2. The third-order valence-corrected chi connectivity index (χ3v) is 7.37. The van der Waals surface area contributed by atoms with E-state index in [1.54, 1.807) is 29.7 Å². The SMILES string of the molecule is Cc1cc(COc2ccc(C(=O)N[C@@H]3CN(C/C=C/c4ccccc4)CC[C@@H]3C(=O)NO)cc2)c2ccccc2n1. The number of piperidine rings is 1. The summed E-state index contributed by atoms with van der Waals surface area (Å²) in [6.45, 7) is 4.20. The lowest BCUT2D eigenvalue weighted by Gasteiger charge is -2.37. The van der Waals surface area contributed by atoms with Gasteiger partial charge in [-0.25, -0.2) is 5.48 Å². The van der Waals surface area contributed by atoms with E-state index < -0.39 is 17.9 Å². The van der Waals surface area contributed by atoms with Gasteiger partial charge in [-0.2, -0.15) is 0 Å². The maximum atomic E-state index is 13.2. The van der Waals surface area contributed by atoms with Crippen molar-refractivity contribution in [2.45, 2.75) is 26.0 Å². The van der Waals surface area contributed by atoms with E-state index in [0.29, 0.717) is 44.0 Å². The fourth-order valence-electron chi connectivity index (χ4n) is 5.26. The monoisotopic (exact) mass is 550 g/mol. The molecular weight excluding hydrogens is 516 g/mol. The Kier molecular flexibility index (Phi) is 9.03. The van der Waals surface area contributed by atoms with Crippen LogP contribution in [0.3, 0.4) is 0 Å². The van der Waals surface area contributed by atoms with Crippen molar-refractivity contribution >= 4 is 28.8 Å². The van der Waals surface area contributed by atoms with Crippen molar-refractivity contribution in [2.24, 2.45) is 5.92 Å². The Hall–Kier alpha value is -4.53. The molecule has 8 nitrogen and oxygen atoms in total. The maximum absolute atomic E-state index is 13.2. The van der Waals surface area contributed by atoms with E-state index in [0.717, 1.165) is 27.7 Å². The molecule has 1 aromatic heterocycles. The lowest BCUT2D eigenvalue weighted by Crippen LogP contribution is -2.56. The fraction of sp³-hybridized carbons (Fsp3) is 0.242. The number of likely N-dealkylation sites (tertiary alicyclic amines) is 1. The number of hydrogen-bond donors (Lipinski definition) is 3. The van der Waals surface area contributed by atoms with Gasteiger partial charge in [0, 0.05) is 35.3 Å². The number of para-hydroxylation sites is 1. The molecule has 0 radical (unpaired) electrons. The molecule has 4 aromatic rings. The number of amides is 2. The van der Waals surface area contributed by atoms with Crippen LogP contribution in [-0.4, -0.2) is 52.6 Å². The van der Waals surface area contributed by atoms with E-state index >= 15 is 0 Å². The van der Waals surface area contributed by atoms with Crippen molar-refractivity contribution in [3.8, 4) is 5.75 Å². The first-order chi connectivity index (χ1) is 20.0. The number of ether oxygens (including phenoxy) is 1. The number of pyridine rings is 1. The zero-order valence-electron chi connectivity index (χ0n) is 23.0. The van der Waals surface area contributed by atoms with Gasteiger partial charge in [-0.15, -0.1) is 0 Å². The molecule has 0 saturated carbocycles. The summed E-state index contributed by atoms with van der Waals surface area (Å²) in [5, 5.41) is 13.3. The van der Waals surface area contributed by atoms with Gasteiger partial charge >= 0.3 is 0 Å². The molecule has 1 fully saturated rings. The summed E-state index contributed by atoms with van der Waals surface area (Å²) in [5.41, 5.74) is 6.24. The topological polar surface area (TPSA) is 104 Å². The quantitative estimate of drug-likeness (QED) is 0.205. The van der Waals surface area contributed by atoms with E-state index in [9.17, 15) is 14.8 Å². The normalized spacial score (nSPS) is 17.4. The standard InChI is InChI=1S/C33H34N4O4/c1-23-20-26(28-11-5-6-12-30(28)34-23)22-41-27-15-13-25(14-16-27)32(38)35-31-21-37(19-17-29(31)33(39)36-40)18-7-10-24-8-3-2-4-9-24/h2-16,20,29,31,40H,17-19,21-22H2,1H3,(H,35,38)(H,36,39)/b10-7+/t29-,31+/m0/s1. The Morgan fingerprint density at radius 3 is 2.59 bits per heavy atom.